The van der Waals surface area contributed by atoms with E-state index < -0.39 is 30.0 Å². The van der Waals surface area contributed by atoms with Crippen LogP contribution in [-0.4, -0.2) is 110 Å². The molecule has 6 aromatic rings. The van der Waals surface area contributed by atoms with Crippen LogP contribution in [0, 0.1) is 12.8 Å². The van der Waals surface area contributed by atoms with Gasteiger partial charge in [-0.2, -0.15) is 0 Å². The van der Waals surface area contributed by atoms with Gasteiger partial charge in [0.25, 0.3) is 11.8 Å². The Hall–Kier alpha value is -9.51. The molecule has 82 heavy (non-hydrogen) atoms. The molecule has 5 aliphatic rings. The van der Waals surface area contributed by atoms with Crippen molar-refractivity contribution in [2.24, 2.45) is 15.9 Å². The number of aryl methyl sites for hydroxylation is 1. The lowest BCUT2D eigenvalue weighted by Gasteiger charge is -2.24. The average molecular weight is 1100 g/mol. The van der Waals surface area contributed by atoms with Crippen molar-refractivity contribution in [1.82, 2.24) is 20.4 Å². The summed E-state index contributed by atoms with van der Waals surface area (Å²) in [6.07, 6.45) is 8.24. The summed E-state index contributed by atoms with van der Waals surface area (Å²) in [6, 6.07) is 36.0. The number of fused-ring (bicyclic) bond motifs is 7. The summed E-state index contributed by atoms with van der Waals surface area (Å²) in [4.78, 5) is 80.9. The molecule has 1 aliphatic carbocycles. The third kappa shape index (κ3) is 11.1. The third-order valence-corrected chi connectivity index (χ3v) is 15.5. The number of amides is 5. The fourth-order valence-corrected chi connectivity index (χ4v) is 11.0. The minimum atomic E-state index is -0.955. The van der Waals surface area contributed by atoms with Gasteiger partial charge in [-0.25, -0.2) is 4.79 Å². The zero-order chi connectivity index (χ0) is 57.2. The van der Waals surface area contributed by atoms with Crippen molar-refractivity contribution in [2.75, 3.05) is 39.4 Å². The number of nitrogens with zero attached hydrogens (tertiary/aromatic N) is 4. The Morgan fingerprint density at radius 3 is 1.61 bits per heavy atom. The van der Waals surface area contributed by atoms with Crippen molar-refractivity contribution in [1.29, 1.82) is 0 Å². The van der Waals surface area contributed by atoms with Crippen LogP contribution in [-0.2, 0) is 14.3 Å². The first-order chi connectivity index (χ1) is 39.7. The van der Waals surface area contributed by atoms with Gasteiger partial charge in [0.05, 0.1) is 62.0 Å². The second-order valence-electron chi connectivity index (χ2n) is 21.3. The van der Waals surface area contributed by atoms with Gasteiger partial charge in [0.15, 0.2) is 23.0 Å². The molecule has 17 nitrogen and oxygen atoms in total. The lowest BCUT2D eigenvalue weighted by Crippen LogP contribution is -2.53. The van der Waals surface area contributed by atoms with Gasteiger partial charge in [-0.3, -0.25) is 29.2 Å². The number of carbonyl (C=O) groups excluding carboxylic acids is 5. The number of nitrogens with one attached hydrogen (secondary N) is 3. The van der Waals surface area contributed by atoms with Gasteiger partial charge in [0, 0.05) is 67.8 Å². The fraction of sp³-hybridized carbons (Fsp3) is 0.277. The maximum atomic E-state index is 14.2. The molecule has 0 aromatic heterocycles. The lowest BCUT2D eigenvalue weighted by molar-refractivity contribution is -0.128. The molecule has 0 spiro atoms. The van der Waals surface area contributed by atoms with Crippen LogP contribution in [0.2, 0.25) is 0 Å². The zero-order valence-corrected chi connectivity index (χ0v) is 46.4. The Bertz CT molecular complexity index is 3580. The van der Waals surface area contributed by atoms with E-state index in [2.05, 4.69) is 52.3 Å². The summed E-state index contributed by atoms with van der Waals surface area (Å²) in [5, 5.41) is 8.32. The number of hydrogen-bond donors (Lipinski definition) is 3. The Morgan fingerprint density at radius 2 is 1.11 bits per heavy atom. The predicted octanol–water partition coefficient (Wildman–Crippen LogP) is 10.8. The number of methoxy groups -OCH3 is 2. The quantitative estimate of drug-likeness (QED) is 0.0696. The van der Waals surface area contributed by atoms with Crippen molar-refractivity contribution >= 4 is 70.4 Å². The normalized spacial score (nSPS) is 17.2. The standard InChI is InChI=1S/C65H63N7O10/c1-37(2)60(70-65(77)82-36-53-49-14-9-7-12-47(49)48-13-8-10-15-50(48)53)62(74)68-39(4)61(73)69-44-22-20-41(21-23-44)43-27-46-33-67-55-31-59(57(79-6)29-52(55)64(76)72(46)35-43)81-25-11-24-80-58-30-54-51(28-56(58)78-5)63(75)71-34-42(26-45(71)32-66-54)40-18-16-38(3)17-19-40/h7-10,12-23,28-35,37,39,45-46,53,60H,11,24-27,36H2,1-6H3,(H,68,74)(H,69,73)(H,70,77)/t39?,45-,46-,60-/m0/s1. The van der Waals surface area contributed by atoms with E-state index in [9.17, 15) is 24.0 Å². The molecule has 418 valence electrons. The summed E-state index contributed by atoms with van der Waals surface area (Å²) < 4.78 is 29.4. The summed E-state index contributed by atoms with van der Waals surface area (Å²) in [6.45, 7) is 7.86. The average Bonchev–Trinajstić information content (AvgIpc) is 3.37. The molecule has 4 heterocycles. The molecule has 17 heteroatoms. The van der Waals surface area contributed by atoms with Crippen molar-refractivity contribution in [2.45, 2.75) is 77.0 Å². The monoisotopic (exact) mass is 1100 g/mol. The van der Waals surface area contributed by atoms with Crippen LogP contribution >= 0.6 is 0 Å². The van der Waals surface area contributed by atoms with Crippen LogP contribution in [0.1, 0.15) is 94.5 Å². The minimum absolute atomic E-state index is 0.101. The molecule has 0 bridgehead atoms. The SMILES string of the molecule is COc1cc2c(cc1OCCCOc1cc3c(cc1OC)C(=O)N1C=C(c4ccc(NC(=O)C(C)NC(=O)[C@@H](NC(=O)OCC5c6ccccc6-c6ccccc65)C(C)C)cc4)C[C@H]1C=N3)N=C[C@@H]1CC(c3ccc(C)cc3)=CN1C2=O. The number of aliphatic imine (C=N–C) groups is 2. The first kappa shape index (κ1) is 54.4. The largest absolute Gasteiger partial charge is 0.493 e. The van der Waals surface area contributed by atoms with Crippen LogP contribution in [0.4, 0.5) is 21.9 Å². The van der Waals surface area contributed by atoms with E-state index >= 15 is 0 Å². The molecule has 3 N–H and O–H groups in total. The Balaban J connectivity index is 0.656. The Morgan fingerprint density at radius 1 is 0.610 bits per heavy atom. The Kier molecular flexibility index (Phi) is 15.5. The van der Waals surface area contributed by atoms with Crippen LogP contribution in [0.15, 0.2) is 144 Å². The van der Waals surface area contributed by atoms with E-state index in [-0.39, 0.29) is 55.6 Å². The molecular weight excluding hydrogens is 1040 g/mol. The third-order valence-electron chi connectivity index (χ3n) is 15.5. The van der Waals surface area contributed by atoms with Crippen molar-refractivity contribution in [3.8, 4) is 34.1 Å². The molecule has 5 amide bonds. The number of ether oxygens (including phenoxy) is 5. The highest BCUT2D eigenvalue weighted by Gasteiger charge is 2.36. The van der Waals surface area contributed by atoms with Crippen molar-refractivity contribution in [3.63, 3.8) is 0 Å². The smallest absolute Gasteiger partial charge is 0.407 e. The highest BCUT2D eigenvalue weighted by Crippen LogP contribution is 2.45. The second-order valence-corrected chi connectivity index (χ2v) is 21.3. The van der Waals surface area contributed by atoms with E-state index in [0.717, 1.165) is 44.5 Å². The van der Waals surface area contributed by atoms with Gasteiger partial charge in [0.1, 0.15) is 18.7 Å². The summed E-state index contributed by atoms with van der Waals surface area (Å²) in [5.41, 5.74) is 11.7. The summed E-state index contributed by atoms with van der Waals surface area (Å²) in [5.74, 6) is -0.144. The van der Waals surface area contributed by atoms with Gasteiger partial charge in [-0.15, -0.1) is 0 Å². The molecule has 0 saturated heterocycles. The number of alkyl carbamates (subject to hydrolysis) is 1. The van der Waals surface area contributed by atoms with E-state index in [4.69, 9.17) is 33.7 Å². The van der Waals surface area contributed by atoms with Crippen LogP contribution in [0.5, 0.6) is 23.0 Å². The molecule has 11 rings (SSSR count). The van der Waals surface area contributed by atoms with Gasteiger partial charge >= 0.3 is 6.09 Å². The first-order valence-electron chi connectivity index (χ1n) is 27.5. The van der Waals surface area contributed by atoms with E-state index in [0.29, 0.717) is 70.4 Å². The highest BCUT2D eigenvalue weighted by atomic mass is 16.5. The Labute approximate surface area is 475 Å². The molecule has 0 fully saturated rings. The van der Waals surface area contributed by atoms with Gasteiger partial charge in [0.2, 0.25) is 11.8 Å². The molecule has 0 saturated carbocycles. The van der Waals surface area contributed by atoms with E-state index in [1.807, 2.05) is 74.1 Å². The molecular formula is C65H63N7O10. The number of hydrogen-bond acceptors (Lipinski definition) is 12. The number of carbonyl (C=O) groups is 5. The topological polar surface area (TPSA) is 199 Å². The predicted molar refractivity (Wildman–Crippen MR) is 314 cm³/mol. The number of rotatable bonds is 18. The van der Waals surface area contributed by atoms with Gasteiger partial charge in [-0.05, 0) is 88.6 Å². The molecule has 1 unspecified atom stereocenters. The van der Waals surface area contributed by atoms with Gasteiger partial charge < -0.3 is 49.4 Å². The van der Waals surface area contributed by atoms with Crippen LogP contribution < -0.4 is 34.9 Å². The number of benzene rings is 6. The maximum absolute atomic E-state index is 14.2. The van der Waals surface area contributed by atoms with Crippen molar-refractivity contribution < 1.29 is 47.7 Å². The zero-order valence-electron chi connectivity index (χ0n) is 46.4. The van der Waals surface area contributed by atoms with E-state index in [1.165, 1.54) is 19.8 Å². The molecule has 6 aromatic carbocycles. The van der Waals surface area contributed by atoms with Crippen molar-refractivity contribution in [3.05, 3.63) is 173 Å². The summed E-state index contributed by atoms with van der Waals surface area (Å²) >= 11 is 0. The number of anilines is 1. The van der Waals surface area contributed by atoms with Crippen LogP contribution in [0.25, 0.3) is 22.3 Å². The van der Waals surface area contributed by atoms with Gasteiger partial charge in [-0.1, -0.05) is 104 Å². The second kappa shape index (κ2) is 23.3. The first-order valence-corrected chi connectivity index (χ1v) is 27.5. The molecule has 4 aliphatic heterocycles. The highest BCUT2D eigenvalue weighted by molar-refractivity contribution is 6.07. The van der Waals surface area contributed by atoms with E-state index in [1.54, 1.807) is 73.2 Å². The molecule has 0 radical (unpaired) electrons. The fourth-order valence-electron chi connectivity index (χ4n) is 11.0. The summed E-state index contributed by atoms with van der Waals surface area (Å²) in [7, 11) is 3.05. The van der Waals surface area contributed by atoms with Crippen LogP contribution in [0.3, 0.4) is 0 Å². The minimum Gasteiger partial charge on any atom is -0.493 e. The lowest BCUT2D eigenvalue weighted by atomic mass is 9.98. The maximum Gasteiger partial charge on any atom is 0.407 e. The molecule has 4 atom stereocenters.